The number of carbonyl (C=O) groups is 2. The molecule has 0 aromatic heterocycles. The number of carboxylic acids is 1. The predicted molar refractivity (Wildman–Crippen MR) is 77.6 cm³/mol. The maximum Gasteiger partial charge on any atom is 0.306 e. The van der Waals surface area contributed by atoms with Crippen molar-refractivity contribution >= 4 is 34.5 Å². The summed E-state index contributed by atoms with van der Waals surface area (Å²) < 4.78 is 0.930. The fourth-order valence-corrected chi connectivity index (χ4v) is 2.05. The Bertz CT molecular complexity index is 460. The van der Waals surface area contributed by atoms with Gasteiger partial charge in [-0.2, -0.15) is 0 Å². The second kappa shape index (κ2) is 6.72. The maximum atomic E-state index is 11.9. The van der Waals surface area contributed by atoms with E-state index in [0.717, 1.165) is 9.13 Å². The largest absolute Gasteiger partial charge is 0.481 e. The summed E-state index contributed by atoms with van der Waals surface area (Å²) in [6.45, 7) is 3.95. The van der Waals surface area contributed by atoms with Gasteiger partial charge in [-0.25, -0.2) is 0 Å². The van der Waals surface area contributed by atoms with Gasteiger partial charge in [-0.3, -0.25) is 9.59 Å². The van der Waals surface area contributed by atoms with Crippen molar-refractivity contribution in [2.45, 2.75) is 20.3 Å². The highest BCUT2D eigenvalue weighted by Crippen LogP contribution is 2.16. The summed E-state index contributed by atoms with van der Waals surface area (Å²) in [7, 11) is 0. The van der Waals surface area contributed by atoms with Gasteiger partial charge in [0, 0.05) is 10.1 Å². The first-order chi connectivity index (χ1) is 8.43. The Morgan fingerprint density at radius 1 is 1.44 bits per heavy atom. The highest BCUT2D eigenvalue weighted by molar-refractivity contribution is 14.1. The Balaban J connectivity index is 2.56. The van der Waals surface area contributed by atoms with Crippen LogP contribution in [0.15, 0.2) is 18.2 Å². The lowest BCUT2D eigenvalue weighted by Crippen LogP contribution is -2.27. The molecule has 1 rings (SSSR count). The summed E-state index contributed by atoms with van der Waals surface area (Å²) in [5.41, 5.74) is 1.70. The first-order valence-corrected chi connectivity index (χ1v) is 6.77. The second-order valence-corrected chi connectivity index (χ2v) is 5.30. The van der Waals surface area contributed by atoms with Crippen molar-refractivity contribution in [3.8, 4) is 0 Å². The topological polar surface area (TPSA) is 66.4 Å². The van der Waals surface area contributed by atoms with E-state index in [1.54, 1.807) is 13.0 Å². The fourth-order valence-electron chi connectivity index (χ4n) is 1.44. The molecule has 1 amide bonds. The lowest BCUT2D eigenvalue weighted by atomic mass is 10.1. The van der Waals surface area contributed by atoms with E-state index in [4.69, 9.17) is 5.11 Å². The number of carboxylic acid groups (broad SMARTS) is 1. The van der Waals surface area contributed by atoms with E-state index < -0.39 is 11.9 Å². The van der Waals surface area contributed by atoms with Crippen LogP contribution in [0.3, 0.4) is 0 Å². The summed E-state index contributed by atoms with van der Waals surface area (Å²) in [5, 5.41) is 11.5. The maximum absolute atomic E-state index is 11.9. The molecule has 0 saturated carbocycles. The highest BCUT2D eigenvalue weighted by atomic mass is 127. The van der Waals surface area contributed by atoms with E-state index in [2.05, 4.69) is 27.9 Å². The van der Waals surface area contributed by atoms with Gasteiger partial charge in [-0.1, -0.05) is 19.1 Å². The van der Waals surface area contributed by atoms with Gasteiger partial charge < -0.3 is 10.4 Å². The normalized spacial score (nSPS) is 11.9. The number of aliphatic carboxylic acids is 1. The molecule has 0 radical (unpaired) electrons. The van der Waals surface area contributed by atoms with Crippen LogP contribution >= 0.6 is 22.6 Å². The van der Waals surface area contributed by atoms with Crippen LogP contribution in [0.2, 0.25) is 0 Å². The van der Waals surface area contributed by atoms with Crippen molar-refractivity contribution in [3.63, 3.8) is 0 Å². The molecule has 0 aliphatic rings. The molecule has 1 aromatic rings. The average Bonchev–Trinajstić information content (AvgIpc) is 2.32. The van der Waals surface area contributed by atoms with Crippen LogP contribution in [-0.2, 0) is 4.79 Å². The average molecular weight is 361 g/mol. The summed E-state index contributed by atoms with van der Waals surface area (Å²) in [6.07, 6.45) is 0.434. The molecule has 1 aromatic carbocycles. The third-order valence-corrected chi connectivity index (χ3v) is 4.15. The molecule has 98 valence electrons. The van der Waals surface area contributed by atoms with Crippen molar-refractivity contribution < 1.29 is 14.7 Å². The summed E-state index contributed by atoms with van der Waals surface area (Å²) in [6, 6.07) is 5.56. The van der Waals surface area contributed by atoms with Crippen LogP contribution in [0.1, 0.15) is 29.3 Å². The number of carbonyl (C=O) groups excluding carboxylic acids is 1. The molecular formula is C13H16INO3. The molecule has 0 fully saturated rings. The quantitative estimate of drug-likeness (QED) is 0.792. The molecule has 0 bridgehead atoms. The molecule has 18 heavy (non-hydrogen) atoms. The Kier molecular flexibility index (Phi) is 5.58. The van der Waals surface area contributed by atoms with Crippen LogP contribution in [0.5, 0.6) is 0 Å². The zero-order chi connectivity index (χ0) is 13.7. The van der Waals surface area contributed by atoms with Crippen LogP contribution in [0.25, 0.3) is 0 Å². The molecule has 0 heterocycles. The first kappa shape index (κ1) is 14.9. The van der Waals surface area contributed by atoms with Crippen molar-refractivity contribution in [3.05, 3.63) is 32.9 Å². The van der Waals surface area contributed by atoms with Crippen molar-refractivity contribution in [2.75, 3.05) is 6.54 Å². The predicted octanol–water partition coefficient (Wildman–Crippen LogP) is 2.44. The molecule has 0 aliphatic heterocycles. The van der Waals surface area contributed by atoms with Gasteiger partial charge in [0.15, 0.2) is 0 Å². The number of nitrogens with one attached hydrogen (secondary N) is 1. The minimum absolute atomic E-state index is 0.152. The second-order valence-electron chi connectivity index (χ2n) is 4.22. The monoisotopic (exact) mass is 361 g/mol. The smallest absolute Gasteiger partial charge is 0.306 e. The Labute approximate surface area is 120 Å². The van der Waals surface area contributed by atoms with Crippen LogP contribution < -0.4 is 5.32 Å². The van der Waals surface area contributed by atoms with Gasteiger partial charge in [0.1, 0.15) is 0 Å². The highest BCUT2D eigenvalue weighted by Gasteiger charge is 2.13. The van der Waals surface area contributed by atoms with Crippen LogP contribution in [0, 0.1) is 16.4 Å². The standard InChI is InChI=1S/C13H16INO3/c1-8-4-3-5-10(11(8)14)12(16)15-7-6-9(2)13(17)18/h3-5,9H,6-7H2,1-2H3,(H,15,16)(H,17,18). The molecule has 0 aliphatic carbocycles. The summed E-state index contributed by atoms with van der Waals surface area (Å²) >= 11 is 2.14. The number of amides is 1. The molecule has 0 saturated heterocycles. The van der Waals surface area contributed by atoms with Crippen molar-refractivity contribution in [1.82, 2.24) is 5.32 Å². The third kappa shape index (κ3) is 3.97. The van der Waals surface area contributed by atoms with Crippen molar-refractivity contribution in [2.24, 2.45) is 5.92 Å². The number of hydrogen-bond acceptors (Lipinski definition) is 2. The lowest BCUT2D eigenvalue weighted by Gasteiger charge is -2.10. The Morgan fingerprint density at radius 3 is 2.72 bits per heavy atom. The molecular weight excluding hydrogens is 345 g/mol. The van der Waals surface area contributed by atoms with E-state index in [1.807, 2.05) is 19.1 Å². The van der Waals surface area contributed by atoms with Gasteiger partial charge in [0.2, 0.25) is 0 Å². The van der Waals surface area contributed by atoms with Crippen LogP contribution in [-0.4, -0.2) is 23.5 Å². The molecule has 4 nitrogen and oxygen atoms in total. The molecule has 1 atom stereocenters. The van der Waals surface area contributed by atoms with Gasteiger partial charge in [0.25, 0.3) is 5.91 Å². The number of hydrogen-bond donors (Lipinski definition) is 2. The van der Waals surface area contributed by atoms with Crippen LogP contribution in [0.4, 0.5) is 0 Å². The molecule has 5 heteroatoms. The van der Waals surface area contributed by atoms with E-state index in [0.29, 0.717) is 18.5 Å². The van der Waals surface area contributed by atoms with E-state index in [1.165, 1.54) is 0 Å². The minimum atomic E-state index is -0.839. The number of benzene rings is 1. The molecule has 2 N–H and O–H groups in total. The minimum Gasteiger partial charge on any atom is -0.481 e. The van der Waals surface area contributed by atoms with Gasteiger partial charge in [-0.15, -0.1) is 0 Å². The lowest BCUT2D eigenvalue weighted by molar-refractivity contribution is -0.141. The number of aryl methyl sites for hydroxylation is 1. The van der Waals surface area contributed by atoms with Gasteiger partial charge in [0.05, 0.1) is 11.5 Å². The number of halogens is 1. The first-order valence-electron chi connectivity index (χ1n) is 5.69. The zero-order valence-corrected chi connectivity index (χ0v) is 12.5. The van der Waals surface area contributed by atoms with E-state index >= 15 is 0 Å². The summed E-state index contributed by atoms with van der Waals surface area (Å²) in [5.74, 6) is -1.43. The SMILES string of the molecule is Cc1cccc(C(=O)NCCC(C)C(=O)O)c1I. The zero-order valence-electron chi connectivity index (χ0n) is 10.4. The molecule has 1 unspecified atom stereocenters. The fraction of sp³-hybridized carbons (Fsp3) is 0.385. The third-order valence-electron chi connectivity index (χ3n) is 2.72. The Hall–Kier alpha value is -1.11. The Morgan fingerprint density at radius 2 is 2.11 bits per heavy atom. The van der Waals surface area contributed by atoms with Gasteiger partial charge in [-0.05, 0) is 47.6 Å². The van der Waals surface area contributed by atoms with E-state index in [-0.39, 0.29) is 5.91 Å². The van der Waals surface area contributed by atoms with Gasteiger partial charge >= 0.3 is 5.97 Å². The summed E-state index contributed by atoms with van der Waals surface area (Å²) in [4.78, 5) is 22.5. The van der Waals surface area contributed by atoms with E-state index in [9.17, 15) is 9.59 Å². The number of rotatable bonds is 5. The molecule has 0 spiro atoms. The van der Waals surface area contributed by atoms with Crippen molar-refractivity contribution in [1.29, 1.82) is 0 Å².